The number of nitrogens with zero attached hydrogens (tertiary/aromatic N) is 1. The van der Waals surface area contributed by atoms with Crippen molar-refractivity contribution in [3.05, 3.63) is 48.3 Å². The highest BCUT2D eigenvalue weighted by Crippen LogP contribution is 2.27. The average Bonchev–Trinajstić information content (AvgIpc) is 2.42. The summed E-state index contributed by atoms with van der Waals surface area (Å²) in [5.74, 6) is 0.679. The SMILES string of the molecule is COc1cc(NC(C)c2cccnc2)ccc1N. The highest BCUT2D eigenvalue weighted by atomic mass is 16.5. The van der Waals surface area contributed by atoms with Gasteiger partial charge in [-0.3, -0.25) is 4.98 Å². The molecule has 1 atom stereocenters. The summed E-state index contributed by atoms with van der Waals surface area (Å²) in [6.45, 7) is 2.08. The first-order valence-electron chi connectivity index (χ1n) is 5.80. The van der Waals surface area contributed by atoms with Crippen LogP contribution in [0.2, 0.25) is 0 Å². The van der Waals surface area contributed by atoms with Gasteiger partial charge in [0, 0.05) is 24.1 Å². The molecule has 1 unspecified atom stereocenters. The third-order valence-electron chi connectivity index (χ3n) is 2.80. The molecule has 4 nitrogen and oxygen atoms in total. The van der Waals surface area contributed by atoms with Crippen molar-refractivity contribution in [2.75, 3.05) is 18.2 Å². The molecule has 0 radical (unpaired) electrons. The van der Waals surface area contributed by atoms with Crippen LogP contribution in [0.15, 0.2) is 42.7 Å². The molecule has 0 saturated heterocycles. The van der Waals surface area contributed by atoms with Crippen molar-refractivity contribution in [1.29, 1.82) is 0 Å². The Morgan fingerprint density at radius 1 is 1.33 bits per heavy atom. The number of benzene rings is 1. The molecular formula is C14H17N3O. The van der Waals surface area contributed by atoms with Crippen LogP contribution in [-0.4, -0.2) is 12.1 Å². The number of pyridine rings is 1. The second kappa shape index (κ2) is 5.40. The zero-order valence-corrected chi connectivity index (χ0v) is 10.6. The highest BCUT2D eigenvalue weighted by molar-refractivity contribution is 5.61. The maximum absolute atomic E-state index is 5.78. The van der Waals surface area contributed by atoms with Gasteiger partial charge in [0.2, 0.25) is 0 Å². The lowest BCUT2D eigenvalue weighted by molar-refractivity contribution is 0.417. The van der Waals surface area contributed by atoms with Crippen LogP contribution in [-0.2, 0) is 0 Å². The van der Waals surface area contributed by atoms with Crippen molar-refractivity contribution in [2.24, 2.45) is 0 Å². The molecule has 4 heteroatoms. The summed E-state index contributed by atoms with van der Waals surface area (Å²) in [7, 11) is 1.61. The van der Waals surface area contributed by atoms with Gasteiger partial charge in [0.15, 0.2) is 0 Å². The van der Waals surface area contributed by atoms with Crippen molar-refractivity contribution in [1.82, 2.24) is 4.98 Å². The summed E-state index contributed by atoms with van der Waals surface area (Å²) in [6, 6.07) is 9.80. The molecule has 18 heavy (non-hydrogen) atoms. The molecule has 0 fully saturated rings. The molecule has 2 rings (SSSR count). The molecule has 3 N–H and O–H groups in total. The fraction of sp³-hybridized carbons (Fsp3) is 0.214. The maximum atomic E-state index is 5.78. The fourth-order valence-corrected chi connectivity index (χ4v) is 1.77. The summed E-state index contributed by atoms with van der Waals surface area (Å²) in [4.78, 5) is 4.11. The number of nitrogens with two attached hydrogens (primary N) is 1. The van der Waals surface area contributed by atoms with Gasteiger partial charge in [0.25, 0.3) is 0 Å². The molecule has 0 amide bonds. The van der Waals surface area contributed by atoms with Crippen LogP contribution in [0.25, 0.3) is 0 Å². The summed E-state index contributed by atoms with van der Waals surface area (Å²) in [5.41, 5.74) is 8.52. The number of rotatable bonds is 4. The number of hydrogen-bond donors (Lipinski definition) is 2. The summed E-state index contributed by atoms with van der Waals surface area (Å²) < 4.78 is 5.20. The van der Waals surface area contributed by atoms with Gasteiger partial charge in [-0.25, -0.2) is 0 Å². The van der Waals surface area contributed by atoms with E-state index < -0.39 is 0 Å². The lowest BCUT2D eigenvalue weighted by Crippen LogP contribution is -2.07. The van der Waals surface area contributed by atoms with Gasteiger partial charge < -0.3 is 15.8 Å². The zero-order chi connectivity index (χ0) is 13.0. The van der Waals surface area contributed by atoms with Crippen molar-refractivity contribution in [2.45, 2.75) is 13.0 Å². The van der Waals surface area contributed by atoms with Gasteiger partial charge in [-0.15, -0.1) is 0 Å². The van der Waals surface area contributed by atoms with E-state index in [1.807, 2.05) is 36.5 Å². The van der Waals surface area contributed by atoms with Crippen LogP contribution in [0.4, 0.5) is 11.4 Å². The number of anilines is 2. The molecule has 0 aliphatic heterocycles. The predicted octanol–water partition coefficient (Wildman–Crippen LogP) is 2.85. The van der Waals surface area contributed by atoms with E-state index in [1.165, 1.54) is 0 Å². The third-order valence-corrected chi connectivity index (χ3v) is 2.80. The molecule has 1 aromatic carbocycles. The Morgan fingerprint density at radius 3 is 2.83 bits per heavy atom. The Balaban J connectivity index is 2.14. The van der Waals surface area contributed by atoms with E-state index in [2.05, 4.69) is 17.2 Å². The highest BCUT2D eigenvalue weighted by Gasteiger charge is 2.06. The van der Waals surface area contributed by atoms with Gasteiger partial charge in [-0.05, 0) is 30.7 Å². The minimum atomic E-state index is 0.173. The van der Waals surface area contributed by atoms with Crippen molar-refractivity contribution in [3.8, 4) is 5.75 Å². The molecule has 0 aliphatic carbocycles. The summed E-state index contributed by atoms with van der Waals surface area (Å²) >= 11 is 0. The molecule has 0 bridgehead atoms. The van der Waals surface area contributed by atoms with Crippen LogP contribution in [0.5, 0.6) is 5.75 Å². The fourth-order valence-electron chi connectivity index (χ4n) is 1.77. The first-order chi connectivity index (χ1) is 8.70. The van der Waals surface area contributed by atoms with E-state index >= 15 is 0 Å². The number of ether oxygens (including phenoxy) is 1. The normalized spacial score (nSPS) is 11.9. The van der Waals surface area contributed by atoms with E-state index in [4.69, 9.17) is 10.5 Å². The molecular weight excluding hydrogens is 226 g/mol. The van der Waals surface area contributed by atoms with E-state index in [9.17, 15) is 0 Å². The van der Waals surface area contributed by atoms with Crippen LogP contribution in [0.3, 0.4) is 0 Å². The molecule has 94 valence electrons. The standard InChI is InChI=1S/C14H17N3O/c1-10(11-4-3-7-16-9-11)17-12-5-6-13(15)14(8-12)18-2/h3-10,17H,15H2,1-2H3. The summed E-state index contributed by atoms with van der Waals surface area (Å²) in [6.07, 6.45) is 3.62. The molecule has 0 aliphatic rings. The summed E-state index contributed by atoms with van der Waals surface area (Å²) in [5, 5.41) is 3.38. The lowest BCUT2D eigenvalue weighted by atomic mass is 10.1. The van der Waals surface area contributed by atoms with E-state index in [0.29, 0.717) is 11.4 Å². The van der Waals surface area contributed by atoms with E-state index in [-0.39, 0.29) is 6.04 Å². The Labute approximate surface area is 107 Å². The van der Waals surface area contributed by atoms with E-state index in [1.54, 1.807) is 13.3 Å². The number of nitrogen functional groups attached to an aromatic ring is 1. The zero-order valence-electron chi connectivity index (χ0n) is 10.6. The Bertz CT molecular complexity index is 514. The van der Waals surface area contributed by atoms with Crippen LogP contribution in [0.1, 0.15) is 18.5 Å². The molecule has 1 aromatic heterocycles. The van der Waals surface area contributed by atoms with Crippen LogP contribution >= 0.6 is 0 Å². The number of aromatic nitrogens is 1. The second-order valence-electron chi connectivity index (χ2n) is 4.11. The van der Waals surface area contributed by atoms with Gasteiger partial charge in [0.05, 0.1) is 18.8 Å². The minimum absolute atomic E-state index is 0.173. The largest absolute Gasteiger partial charge is 0.495 e. The minimum Gasteiger partial charge on any atom is -0.495 e. The smallest absolute Gasteiger partial charge is 0.143 e. The monoisotopic (exact) mass is 243 g/mol. The van der Waals surface area contributed by atoms with E-state index in [0.717, 1.165) is 11.3 Å². The van der Waals surface area contributed by atoms with Gasteiger partial charge in [-0.2, -0.15) is 0 Å². The molecule has 1 heterocycles. The van der Waals surface area contributed by atoms with Crippen molar-refractivity contribution < 1.29 is 4.74 Å². The van der Waals surface area contributed by atoms with Gasteiger partial charge in [-0.1, -0.05) is 6.07 Å². The molecule has 0 spiro atoms. The predicted molar refractivity (Wildman–Crippen MR) is 73.7 cm³/mol. The Morgan fingerprint density at radius 2 is 2.17 bits per heavy atom. The first kappa shape index (κ1) is 12.2. The first-order valence-corrected chi connectivity index (χ1v) is 5.80. The van der Waals surface area contributed by atoms with Crippen LogP contribution in [0, 0.1) is 0 Å². The van der Waals surface area contributed by atoms with Gasteiger partial charge in [0.1, 0.15) is 5.75 Å². The Kier molecular flexibility index (Phi) is 3.67. The van der Waals surface area contributed by atoms with Gasteiger partial charge >= 0.3 is 0 Å². The number of hydrogen-bond acceptors (Lipinski definition) is 4. The lowest BCUT2D eigenvalue weighted by Gasteiger charge is -2.16. The molecule has 2 aromatic rings. The van der Waals surface area contributed by atoms with Crippen molar-refractivity contribution in [3.63, 3.8) is 0 Å². The number of methoxy groups -OCH3 is 1. The van der Waals surface area contributed by atoms with Crippen molar-refractivity contribution >= 4 is 11.4 Å². The third kappa shape index (κ3) is 2.71. The topological polar surface area (TPSA) is 60.2 Å². The second-order valence-corrected chi connectivity index (χ2v) is 4.11. The average molecular weight is 243 g/mol. The maximum Gasteiger partial charge on any atom is 0.143 e. The Hall–Kier alpha value is -2.23. The quantitative estimate of drug-likeness (QED) is 0.811. The number of nitrogens with one attached hydrogen (secondary N) is 1. The van der Waals surface area contributed by atoms with Crippen LogP contribution < -0.4 is 15.8 Å². The molecule has 0 saturated carbocycles.